The van der Waals surface area contributed by atoms with Crippen molar-refractivity contribution >= 4 is 23.2 Å². The highest BCUT2D eigenvalue weighted by molar-refractivity contribution is 5.96. The molecule has 3 aromatic carbocycles. The molecule has 7 rings (SSSR count). The van der Waals surface area contributed by atoms with Crippen LogP contribution in [-0.4, -0.2) is 37.0 Å². The quantitative estimate of drug-likeness (QED) is 0.297. The van der Waals surface area contributed by atoms with Gasteiger partial charge in [0, 0.05) is 11.4 Å². The van der Waals surface area contributed by atoms with Crippen LogP contribution in [0.3, 0.4) is 0 Å². The number of anilines is 2. The summed E-state index contributed by atoms with van der Waals surface area (Å²) in [6, 6.07) is 21.3. The molecule has 0 radical (unpaired) electrons. The lowest BCUT2D eigenvalue weighted by Crippen LogP contribution is -2.35. The van der Waals surface area contributed by atoms with Crippen LogP contribution < -0.4 is 21.3 Å². The van der Waals surface area contributed by atoms with E-state index in [4.69, 9.17) is 0 Å². The number of carbonyl (C=O) groups excluding carboxylic acids is 2. The van der Waals surface area contributed by atoms with E-state index < -0.39 is 0 Å². The molecule has 0 bridgehead atoms. The second kappa shape index (κ2) is 11.1. The number of carbonyl (C=O) groups is 2. The molecule has 3 aromatic rings. The van der Waals surface area contributed by atoms with E-state index in [-0.39, 0.29) is 29.3 Å². The molecule has 1 saturated carbocycles. The molecule has 4 N–H and O–H groups in total. The molecule has 212 valence electrons. The Kier molecular flexibility index (Phi) is 7.13. The van der Waals surface area contributed by atoms with Crippen molar-refractivity contribution in [1.29, 1.82) is 0 Å². The molecule has 1 spiro atoms. The van der Waals surface area contributed by atoms with Crippen molar-refractivity contribution in [2.45, 2.75) is 81.7 Å². The monoisotopic (exact) mass is 548 g/mol. The molecule has 41 heavy (non-hydrogen) atoms. The predicted octanol–water partition coefficient (Wildman–Crippen LogP) is 6.16. The van der Waals surface area contributed by atoms with Crippen LogP contribution in [-0.2, 0) is 21.4 Å². The summed E-state index contributed by atoms with van der Waals surface area (Å²) >= 11 is 0. The van der Waals surface area contributed by atoms with Crippen LogP contribution >= 0.6 is 0 Å². The Balaban J connectivity index is 1.17. The first-order valence-corrected chi connectivity index (χ1v) is 15.6. The summed E-state index contributed by atoms with van der Waals surface area (Å²) < 4.78 is 0. The molecule has 2 amide bonds. The zero-order chi connectivity index (χ0) is 27.8. The summed E-state index contributed by atoms with van der Waals surface area (Å²) in [6.07, 6.45) is 11.4. The normalized spacial score (nSPS) is 22.6. The third-order valence-electron chi connectivity index (χ3n) is 9.94. The Hall–Kier alpha value is -3.48. The molecule has 6 heteroatoms. The number of amides is 2. The number of hydrogen-bond acceptors (Lipinski definition) is 4. The van der Waals surface area contributed by atoms with Crippen LogP contribution in [0.4, 0.5) is 11.4 Å². The van der Waals surface area contributed by atoms with Crippen LogP contribution in [0.1, 0.15) is 68.9 Å². The zero-order valence-electron chi connectivity index (χ0n) is 23.7. The molecule has 0 aromatic heterocycles. The molecular formula is C35H40N4O2. The molecule has 3 fully saturated rings. The zero-order valence-corrected chi connectivity index (χ0v) is 23.7. The summed E-state index contributed by atoms with van der Waals surface area (Å²) in [6.45, 7) is 1.83. The Morgan fingerprint density at radius 1 is 0.634 bits per heavy atom. The number of benzene rings is 3. The average Bonchev–Trinajstić information content (AvgIpc) is 3.83. The highest BCUT2D eigenvalue weighted by Crippen LogP contribution is 2.55. The number of nitrogens with one attached hydrogen (secondary N) is 4. The van der Waals surface area contributed by atoms with Crippen molar-refractivity contribution in [3.63, 3.8) is 0 Å². The largest absolute Gasteiger partial charge is 0.325 e. The Bertz CT molecular complexity index is 1430. The van der Waals surface area contributed by atoms with Gasteiger partial charge in [-0.05, 0) is 128 Å². The van der Waals surface area contributed by atoms with Gasteiger partial charge >= 0.3 is 0 Å². The Morgan fingerprint density at radius 3 is 1.66 bits per heavy atom. The van der Waals surface area contributed by atoms with E-state index in [1.807, 2.05) is 24.3 Å². The average molecular weight is 549 g/mol. The van der Waals surface area contributed by atoms with Crippen molar-refractivity contribution in [1.82, 2.24) is 10.6 Å². The highest BCUT2D eigenvalue weighted by atomic mass is 16.2. The molecule has 2 atom stereocenters. The second-order valence-corrected chi connectivity index (χ2v) is 12.4. The minimum atomic E-state index is -0.0812. The Morgan fingerprint density at radius 2 is 1.15 bits per heavy atom. The van der Waals surface area contributed by atoms with Gasteiger partial charge in [-0.15, -0.1) is 0 Å². The van der Waals surface area contributed by atoms with Crippen LogP contribution in [0.15, 0.2) is 60.7 Å². The van der Waals surface area contributed by atoms with Gasteiger partial charge in [0.05, 0.1) is 12.1 Å². The Labute approximate surface area is 242 Å². The van der Waals surface area contributed by atoms with Crippen LogP contribution in [0.2, 0.25) is 0 Å². The van der Waals surface area contributed by atoms with Crippen LogP contribution in [0.5, 0.6) is 0 Å². The lowest BCUT2D eigenvalue weighted by atomic mass is 9.76. The number of rotatable bonds is 6. The van der Waals surface area contributed by atoms with E-state index in [0.29, 0.717) is 0 Å². The van der Waals surface area contributed by atoms with Gasteiger partial charge in [-0.2, -0.15) is 0 Å². The van der Waals surface area contributed by atoms with Crippen molar-refractivity contribution in [2.24, 2.45) is 0 Å². The van der Waals surface area contributed by atoms with Crippen molar-refractivity contribution in [2.75, 3.05) is 23.7 Å². The second-order valence-electron chi connectivity index (χ2n) is 12.4. The van der Waals surface area contributed by atoms with Crippen molar-refractivity contribution in [3.05, 3.63) is 71.8 Å². The van der Waals surface area contributed by atoms with Crippen molar-refractivity contribution < 1.29 is 9.59 Å². The molecule has 4 aliphatic rings. The molecular weight excluding hydrogens is 508 g/mol. The van der Waals surface area contributed by atoms with Gasteiger partial charge in [0.25, 0.3) is 0 Å². The minimum absolute atomic E-state index is 0.0597. The number of hydrogen-bond donors (Lipinski definition) is 4. The summed E-state index contributed by atoms with van der Waals surface area (Å²) in [5.41, 5.74) is 10.1. The van der Waals surface area contributed by atoms with Gasteiger partial charge in [0.2, 0.25) is 11.8 Å². The predicted molar refractivity (Wildman–Crippen MR) is 165 cm³/mol. The van der Waals surface area contributed by atoms with Gasteiger partial charge in [-0.25, -0.2) is 0 Å². The highest BCUT2D eigenvalue weighted by Gasteiger charge is 2.43. The summed E-state index contributed by atoms with van der Waals surface area (Å²) in [7, 11) is 0. The molecule has 2 aliphatic heterocycles. The van der Waals surface area contributed by atoms with E-state index in [1.54, 1.807) is 5.56 Å². The lowest BCUT2D eigenvalue weighted by molar-refractivity contribution is -0.118. The van der Waals surface area contributed by atoms with Gasteiger partial charge < -0.3 is 21.3 Å². The van der Waals surface area contributed by atoms with E-state index in [9.17, 15) is 9.59 Å². The fraction of sp³-hybridized carbons (Fsp3) is 0.429. The van der Waals surface area contributed by atoms with Crippen LogP contribution in [0, 0.1) is 0 Å². The molecule has 2 heterocycles. The first kappa shape index (κ1) is 26.4. The third-order valence-corrected chi connectivity index (χ3v) is 9.94. The first-order chi connectivity index (χ1) is 20.1. The van der Waals surface area contributed by atoms with E-state index >= 15 is 0 Å². The van der Waals surface area contributed by atoms with Crippen LogP contribution in [0.25, 0.3) is 22.3 Å². The van der Waals surface area contributed by atoms with Crippen molar-refractivity contribution in [3.8, 4) is 22.3 Å². The summed E-state index contributed by atoms with van der Waals surface area (Å²) in [5.74, 6) is 0.121. The maximum atomic E-state index is 12.6. The fourth-order valence-electron chi connectivity index (χ4n) is 7.81. The third kappa shape index (κ3) is 5.08. The van der Waals surface area contributed by atoms with Gasteiger partial charge in [0.1, 0.15) is 0 Å². The smallest absolute Gasteiger partial charge is 0.241 e. The summed E-state index contributed by atoms with van der Waals surface area (Å²) in [5, 5.41) is 12.7. The van der Waals surface area contributed by atoms with E-state index in [0.717, 1.165) is 56.6 Å². The summed E-state index contributed by atoms with van der Waals surface area (Å²) in [4.78, 5) is 25.2. The standard InChI is InChI=1S/C35H40N4O2/c40-33(30-5-3-21-36-30)38-25-11-7-23(8-12-25)27-15-16-28(32-29(27)17-20-35(32)18-1-2-19-35)24-9-13-26(14-10-24)39-34(41)31-6-4-22-37-31/h7-16,30-31,36-37H,1-6,17-22H2,(H,38,40)(H,39,41)/t30-,31-/m0/s1. The lowest BCUT2D eigenvalue weighted by Gasteiger charge is -2.28. The maximum absolute atomic E-state index is 12.6. The minimum Gasteiger partial charge on any atom is -0.325 e. The number of fused-ring (bicyclic) bond motifs is 2. The topological polar surface area (TPSA) is 82.3 Å². The first-order valence-electron chi connectivity index (χ1n) is 15.6. The molecule has 2 saturated heterocycles. The maximum Gasteiger partial charge on any atom is 0.241 e. The molecule has 2 aliphatic carbocycles. The molecule has 0 unspecified atom stereocenters. The SMILES string of the molecule is O=C(Nc1ccc(-c2ccc(-c3ccc(NC(=O)[C@@H]4CCCN4)cc3)c3c2CCC32CCCC2)cc1)[C@@H]1CCCN1. The van der Waals surface area contributed by atoms with Gasteiger partial charge in [-0.1, -0.05) is 49.2 Å². The van der Waals surface area contributed by atoms with E-state index in [2.05, 4.69) is 57.7 Å². The van der Waals surface area contributed by atoms with E-state index in [1.165, 1.54) is 59.9 Å². The molecule has 6 nitrogen and oxygen atoms in total. The van der Waals surface area contributed by atoms with Gasteiger partial charge in [-0.3, -0.25) is 9.59 Å². The van der Waals surface area contributed by atoms with Gasteiger partial charge in [0.15, 0.2) is 0 Å². The fourth-order valence-corrected chi connectivity index (χ4v) is 7.81.